The molecule has 1 saturated heterocycles. The Hall–Kier alpha value is -4.74. The lowest BCUT2D eigenvalue weighted by Gasteiger charge is -2.13. The number of rotatable bonds is 9. The van der Waals surface area contributed by atoms with Crippen LogP contribution >= 0.6 is 22.7 Å². The molecule has 0 saturated carbocycles. The predicted octanol–water partition coefficient (Wildman–Crippen LogP) is 11.2. The van der Waals surface area contributed by atoms with Crippen LogP contribution in [0.25, 0.3) is 12.2 Å². The molecule has 0 unspecified atom stereocenters. The number of aryl methyl sites for hydroxylation is 2. The second kappa shape index (κ2) is 13.5. The van der Waals surface area contributed by atoms with Gasteiger partial charge in [0.1, 0.15) is 10.0 Å². The van der Waals surface area contributed by atoms with Crippen molar-refractivity contribution in [1.82, 2.24) is 10.2 Å². The van der Waals surface area contributed by atoms with Crippen molar-refractivity contribution in [2.24, 2.45) is 30.7 Å². The lowest BCUT2D eigenvalue weighted by molar-refractivity contribution is 0.949. The first-order valence-electron chi connectivity index (χ1n) is 14.0. The van der Waals surface area contributed by atoms with E-state index in [0.29, 0.717) is 5.13 Å². The first-order valence-corrected chi connectivity index (χ1v) is 15.6. The molecule has 1 aliphatic rings. The van der Waals surface area contributed by atoms with Gasteiger partial charge in [-0.3, -0.25) is 0 Å². The molecule has 214 valence electrons. The van der Waals surface area contributed by atoms with Crippen LogP contribution in [-0.2, 0) is 0 Å². The van der Waals surface area contributed by atoms with E-state index in [4.69, 9.17) is 0 Å². The van der Waals surface area contributed by atoms with Crippen LogP contribution < -0.4 is 4.90 Å². The molecule has 0 bridgehead atoms. The van der Waals surface area contributed by atoms with Gasteiger partial charge in [0.15, 0.2) is 0 Å². The summed E-state index contributed by atoms with van der Waals surface area (Å²) < 4.78 is 0. The highest BCUT2D eigenvalue weighted by molar-refractivity contribution is 7.19. The quantitative estimate of drug-likeness (QED) is 0.156. The van der Waals surface area contributed by atoms with E-state index < -0.39 is 0 Å². The van der Waals surface area contributed by atoms with Gasteiger partial charge in [0, 0.05) is 13.1 Å². The van der Waals surface area contributed by atoms with Crippen molar-refractivity contribution in [2.75, 3.05) is 18.0 Å². The summed E-state index contributed by atoms with van der Waals surface area (Å²) in [5.74, 6) is 0. The van der Waals surface area contributed by atoms with E-state index in [1.807, 2.05) is 98.8 Å². The minimum atomic E-state index is 0.497. The summed E-state index contributed by atoms with van der Waals surface area (Å²) in [7, 11) is 0. The van der Waals surface area contributed by atoms with Gasteiger partial charge in [-0.25, -0.2) is 0 Å². The lowest BCUT2D eigenvalue weighted by atomic mass is 10.2. The summed E-state index contributed by atoms with van der Waals surface area (Å²) in [6.07, 6.45) is 6.44. The van der Waals surface area contributed by atoms with E-state index in [0.717, 1.165) is 62.5 Å². The SMILES string of the molecule is Cc1cc(N=Nc2ccc(N3CCCC3)s2)ccc1N=Nc1ccc(N=Nc2nnc(C=Cc3ccccc3)s2)c(C)c1. The average Bonchev–Trinajstić information content (AvgIpc) is 3.81. The maximum atomic E-state index is 4.46. The largest absolute Gasteiger partial charge is 0.363 e. The van der Waals surface area contributed by atoms with Crippen LogP contribution in [0.4, 0.5) is 37.9 Å². The Bertz CT molecular complexity index is 1810. The molecule has 0 spiro atoms. The zero-order valence-electron chi connectivity index (χ0n) is 23.8. The molecule has 0 N–H and O–H groups in total. The van der Waals surface area contributed by atoms with E-state index in [1.54, 1.807) is 11.3 Å². The van der Waals surface area contributed by atoms with Crippen molar-refractivity contribution >= 4 is 72.7 Å². The maximum absolute atomic E-state index is 4.46. The summed E-state index contributed by atoms with van der Waals surface area (Å²) in [5, 5.41) is 38.2. The highest BCUT2D eigenvalue weighted by atomic mass is 32.1. The molecule has 1 fully saturated rings. The van der Waals surface area contributed by atoms with Crippen molar-refractivity contribution in [3.8, 4) is 0 Å². The summed E-state index contributed by atoms with van der Waals surface area (Å²) in [5.41, 5.74) is 6.04. The van der Waals surface area contributed by atoms with Crippen LogP contribution in [0.15, 0.2) is 110 Å². The first kappa shape index (κ1) is 28.4. The van der Waals surface area contributed by atoms with Gasteiger partial charge in [-0.15, -0.1) is 30.7 Å². The van der Waals surface area contributed by atoms with Gasteiger partial charge in [0.2, 0.25) is 0 Å². The van der Waals surface area contributed by atoms with Crippen LogP contribution in [0.1, 0.15) is 34.5 Å². The molecule has 0 radical (unpaired) electrons. The Morgan fingerprint density at radius 1 is 0.651 bits per heavy atom. The smallest absolute Gasteiger partial charge is 0.252 e. The number of benzene rings is 3. The van der Waals surface area contributed by atoms with Crippen molar-refractivity contribution in [3.05, 3.63) is 101 Å². The van der Waals surface area contributed by atoms with Gasteiger partial charge >= 0.3 is 0 Å². The summed E-state index contributed by atoms with van der Waals surface area (Å²) >= 11 is 3.06. The number of hydrogen-bond donors (Lipinski definition) is 0. The third kappa shape index (κ3) is 7.56. The van der Waals surface area contributed by atoms with E-state index in [-0.39, 0.29) is 0 Å². The minimum Gasteiger partial charge on any atom is -0.363 e. The van der Waals surface area contributed by atoms with E-state index in [1.165, 1.54) is 29.2 Å². The third-order valence-electron chi connectivity index (χ3n) is 6.78. The molecule has 3 heterocycles. The molecule has 1 aliphatic heterocycles. The molecule has 0 amide bonds. The fraction of sp³-hybridized carbons (Fsp3) is 0.188. The Balaban J connectivity index is 1.06. The molecule has 9 nitrogen and oxygen atoms in total. The van der Waals surface area contributed by atoms with Gasteiger partial charge in [-0.2, -0.15) is 10.2 Å². The van der Waals surface area contributed by atoms with Gasteiger partial charge in [0.05, 0.1) is 27.8 Å². The molecular formula is C32H29N9S2. The third-order valence-corrected chi connectivity index (χ3v) is 8.59. The second-order valence-electron chi connectivity index (χ2n) is 10.0. The fourth-order valence-electron chi connectivity index (χ4n) is 4.49. The Kier molecular flexibility index (Phi) is 8.90. The van der Waals surface area contributed by atoms with E-state index >= 15 is 0 Å². The average molecular weight is 604 g/mol. The number of azo groups is 3. The Morgan fingerprint density at radius 2 is 1.33 bits per heavy atom. The molecule has 6 rings (SSSR count). The number of aromatic nitrogens is 2. The summed E-state index contributed by atoms with van der Waals surface area (Å²) in [6.45, 7) is 6.21. The molecule has 11 heteroatoms. The maximum Gasteiger partial charge on any atom is 0.252 e. The number of hydrogen-bond acceptors (Lipinski definition) is 11. The van der Waals surface area contributed by atoms with E-state index in [9.17, 15) is 0 Å². The molecule has 43 heavy (non-hydrogen) atoms. The zero-order chi connectivity index (χ0) is 29.4. The minimum absolute atomic E-state index is 0.497. The molecule has 2 aromatic heterocycles. The fourth-order valence-corrected chi connectivity index (χ4v) is 5.94. The van der Waals surface area contributed by atoms with Gasteiger partial charge in [-0.1, -0.05) is 59.1 Å². The number of thiophene rings is 1. The molecule has 0 atom stereocenters. The summed E-state index contributed by atoms with van der Waals surface area (Å²) in [6, 6.07) is 25.7. The highest BCUT2D eigenvalue weighted by Gasteiger charge is 2.14. The first-order chi connectivity index (χ1) is 21.1. The van der Waals surface area contributed by atoms with Crippen molar-refractivity contribution in [3.63, 3.8) is 0 Å². The predicted molar refractivity (Wildman–Crippen MR) is 176 cm³/mol. The van der Waals surface area contributed by atoms with Crippen molar-refractivity contribution in [1.29, 1.82) is 0 Å². The molecule has 5 aromatic rings. The monoisotopic (exact) mass is 603 g/mol. The van der Waals surface area contributed by atoms with Crippen LogP contribution in [0, 0.1) is 13.8 Å². The second-order valence-corrected chi connectivity index (χ2v) is 12.0. The molecule has 3 aromatic carbocycles. The lowest BCUT2D eigenvalue weighted by Crippen LogP contribution is -2.15. The van der Waals surface area contributed by atoms with Crippen molar-refractivity contribution < 1.29 is 0 Å². The van der Waals surface area contributed by atoms with Crippen LogP contribution in [-0.4, -0.2) is 23.3 Å². The Labute approximate surface area is 258 Å². The van der Waals surface area contributed by atoms with E-state index in [2.05, 4.69) is 51.8 Å². The van der Waals surface area contributed by atoms with Crippen LogP contribution in [0.3, 0.4) is 0 Å². The standard InChI is InChI=1S/C32H29N9S2/c1-22-21-26(34-37-29-16-17-31(42-29)41-18-6-7-19-41)12-13-27(22)35-33-25-11-14-28(23(2)20-25)36-39-32-40-38-30(43-32)15-10-24-8-4-3-5-9-24/h3-5,8-17,20-21H,6-7,18-19H2,1-2H3. The van der Waals surface area contributed by atoms with Gasteiger partial charge in [-0.05, 0) is 98.0 Å². The topological polar surface area (TPSA) is 103 Å². The number of nitrogens with zero attached hydrogens (tertiary/aromatic N) is 9. The normalized spacial score (nSPS) is 14.0. The number of anilines is 1. The van der Waals surface area contributed by atoms with Crippen LogP contribution in [0.5, 0.6) is 0 Å². The molecular weight excluding hydrogens is 575 g/mol. The summed E-state index contributed by atoms with van der Waals surface area (Å²) in [4.78, 5) is 2.41. The van der Waals surface area contributed by atoms with Crippen LogP contribution in [0.2, 0.25) is 0 Å². The zero-order valence-corrected chi connectivity index (χ0v) is 25.5. The van der Waals surface area contributed by atoms with Crippen molar-refractivity contribution in [2.45, 2.75) is 26.7 Å². The highest BCUT2D eigenvalue weighted by Crippen LogP contribution is 2.35. The van der Waals surface area contributed by atoms with Gasteiger partial charge in [0.25, 0.3) is 5.13 Å². The Morgan fingerprint density at radius 3 is 2.02 bits per heavy atom. The van der Waals surface area contributed by atoms with Gasteiger partial charge < -0.3 is 4.90 Å². The molecule has 0 aliphatic carbocycles.